The van der Waals surface area contributed by atoms with E-state index in [-0.39, 0.29) is 5.78 Å². The molecule has 1 saturated heterocycles. The summed E-state index contributed by atoms with van der Waals surface area (Å²) in [6, 6.07) is 0. The van der Waals surface area contributed by atoms with Crippen molar-refractivity contribution in [3.63, 3.8) is 0 Å². The Bertz CT molecular complexity index is 123. The summed E-state index contributed by atoms with van der Waals surface area (Å²) < 4.78 is 4.53. The Hall–Kier alpha value is -0.860. The van der Waals surface area contributed by atoms with Gasteiger partial charge in [0.25, 0.3) is 0 Å². The Balaban J connectivity index is 2.51. The first-order valence-electron chi connectivity index (χ1n) is 3.00. The van der Waals surface area contributed by atoms with Crippen molar-refractivity contribution in [3.8, 4) is 0 Å². The minimum Gasteiger partial charge on any atom is -0.460 e. The fraction of sp³-hybridized carbons (Fsp3) is 0.667. The third kappa shape index (κ3) is 1.52. The number of ketones is 1. The molecule has 1 heterocycles. The molecular weight excluding hydrogens is 120 g/mol. The number of hydrogen-bond acceptors (Lipinski definition) is 3. The van der Waals surface area contributed by atoms with Gasteiger partial charge in [-0.2, -0.15) is 0 Å². The molecular formula is C6H8O3. The standard InChI is InChI=1S/C6H8O3/c7-5-3-1-2-4-9-6(5)8/h1-4H2. The number of esters is 1. The first kappa shape index (κ1) is 6.26. The van der Waals surface area contributed by atoms with E-state index in [1.165, 1.54) is 0 Å². The van der Waals surface area contributed by atoms with Gasteiger partial charge in [-0.1, -0.05) is 0 Å². The molecule has 0 aliphatic carbocycles. The third-order valence-corrected chi connectivity index (χ3v) is 1.26. The number of rotatable bonds is 0. The van der Waals surface area contributed by atoms with Crippen LogP contribution in [0.15, 0.2) is 0 Å². The van der Waals surface area contributed by atoms with Crippen LogP contribution >= 0.6 is 0 Å². The minimum atomic E-state index is -0.660. The van der Waals surface area contributed by atoms with Crippen molar-refractivity contribution in [3.05, 3.63) is 0 Å². The van der Waals surface area contributed by atoms with Crippen molar-refractivity contribution < 1.29 is 14.3 Å². The number of hydrogen-bond donors (Lipinski definition) is 0. The van der Waals surface area contributed by atoms with Crippen LogP contribution in [0.5, 0.6) is 0 Å². The molecule has 1 fully saturated rings. The summed E-state index contributed by atoms with van der Waals surface area (Å²) in [5.41, 5.74) is 0. The van der Waals surface area contributed by atoms with E-state index in [0.717, 1.165) is 12.8 Å². The van der Waals surface area contributed by atoms with Crippen molar-refractivity contribution in [1.29, 1.82) is 0 Å². The predicted octanol–water partition coefficient (Wildman–Crippen LogP) is 0.283. The molecule has 1 aliphatic rings. The van der Waals surface area contributed by atoms with E-state index in [4.69, 9.17) is 0 Å². The van der Waals surface area contributed by atoms with Gasteiger partial charge in [-0.05, 0) is 12.8 Å². The normalized spacial score (nSPS) is 20.9. The van der Waals surface area contributed by atoms with Gasteiger partial charge in [0.1, 0.15) is 0 Å². The SMILES string of the molecule is O=C1CCCCOC1=O. The number of ether oxygens (including phenoxy) is 1. The second kappa shape index (κ2) is 2.62. The molecule has 0 aromatic rings. The Morgan fingerprint density at radius 3 is 2.78 bits per heavy atom. The topological polar surface area (TPSA) is 43.4 Å². The van der Waals surface area contributed by atoms with Gasteiger partial charge in [0.05, 0.1) is 6.61 Å². The van der Waals surface area contributed by atoms with Crippen LogP contribution in [0.3, 0.4) is 0 Å². The van der Waals surface area contributed by atoms with Gasteiger partial charge < -0.3 is 4.74 Å². The van der Waals surface area contributed by atoms with Crippen LogP contribution in [-0.4, -0.2) is 18.4 Å². The molecule has 3 heteroatoms. The van der Waals surface area contributed by atoms with Crippen molar-refractivity contribution in [2.24, 2.45) is 0 Å². The van der Waals surface area contributed by atoms with Crippen LogP contribution in [0.4, 0.5) is 0 Å². The quantitative estimate of drug-likeness (QED) is 0.347. The maximum Gasteiger partial charge on any atom is 0.374 e. The Morgan fingerprint density at radius 1 is 1.22 bits per heavy atom. The van der Waals surface area contributed by atoms with E-state index >= 15 is 0 Å². The largest absolute Gasteiger partial charge is 0.460 e. The summed E-state index contributed by atoms with van der Waals surface area (Å²) in [6.07, 6.45) is 1.96. The summed E-state index contributed by atoms with van der Waals surface area (Å²) in [6.45, 7) is 0.407. The molecule has 0 radical (unpaired) electrons. The average Bonchev–Trinajstić information content (AvgIpc) is 1.99. The van der Waals surface area contributed by atoms with Gasteiger partial charge in [0.2, 0.25) is 5.78 Å². The average molecular weight is 128 g/mol. The van der Waals surface area contributed by atoms with E-state index in [2.05, 4.69) is 4.74 Å². The molecule has 0 amide bonds. The van der Waals surface area contributed by atoms with E-state index in [9.17, 15) is 9.59 Å². The molecule has 0 bridgehead atoms. The maximum atomic E-state index is 10.5. The predicted molar refractivity (Wildman–Crippen MR) is 29.8 cm³/mol. The van der Waals surface area contributed by atoms with Gasteiger partial charge in [0.15, 0.2) is 0 Å². The van der Waals surface area contributed by atoms with Crippen molar-refractivity contribution >= 4 is 11.8 Å². The number of cyclic esters (lactones) is 1. The summed E-state index contributed by atoms with van der Waals surface area (Å²) in [5.74, 6) is -1.04. The van der Waals surface area contributed by atoms with Crippen molar-refractivity contribution in [2.45, 2.75) is 19.3 Å². The van der Waals surface area contributed by atoms with Gasteiger partial charge in [0, 0.05) is 6.42 Å². The zero-order valence-corrected chi connectivity index (χ0v) is 5.05. The van der Waals surface area contributed by atoms with Crippen molar-refractivity contribution in [1.82, 2.24) is 0 Å². The molecule has 0 unspecified atom stereocenters. The summed E-state index contributed by atoms with van der Waals surface area (Å²) in [7, 11) is 0. The number of Topliss-reactive ketones (excluding diaryl/α,β-unsaturated/α-hetero) is 1. The lowest BCUT2D eigenvalue weighted by atomic mass is 10.2. The molecule has 0 spiro atoms. The molecule has 0 aromatic carbocycles. The van der Waals surface area contributed by atoms with Gasteiger partial charge >= 0.3 is 5.97 Å². The molecule has 0 aromatic heterocycles. The number of carbonyl (C=O) groups is 2. The van der Waals surface area contributed by atoms with Gasteiger partial charge in [-0.25, -0.2) is 4.79 Å². The van der Waals surface area contributed by atoms with E-state index in [0.29, 0.717) is 13.0 Å². The first-order valence-corrected chi connectivity index (χ1v) is 3.00. The van der Waals surface area contributed by atoms with E-state index in [1.807, 2.05) is 0 Å². The van der Waals surface area contributed by atoms with E-state index in [1.54, 1.807) is 0 Å². The third-order valence-electron chi connectivity index (χ3n) is 1.26. The molecule has 0 saturated carbocycles. The fourth-order valence-electron chi connectivity index (χ4n) is 0.735. The van der Waals surface area contributed by atoms with Crippen LogP contribution < -0.4 is 0 Å². The molecule has 1 aliphatic heterocycles. The zero-order valence-electron chi connectivity index (χ0n) is 5.05. The van der Waals surface area contributed by atoms with E-state index < -0.39 is 5.97 Å². The minimum absolute atomic E-state index is 0.360. The molecule has 1 rings (SSSR count). The van der Waals surface area contributed by atoms with Crippen LogP contribution in [-0.2, 0) is 14.3 Å². The van der Waals surface area contributed by atoms with Crippen LogP contribution in [0, 0.1) is 0 Å². The van der Waals surface area contributed by atoms with Crippen LogP contribution in [0.2, 0.25) is 0 Å². The maximum absolute atomic E-state index is 10.5. The first-order chi connectivity index (χ1) is 4.30. The smallest absolute Gasteiger partial charge is 0.374 e. The highest BCUT2D eigenvalue weighted by Gasteiger charge is 2.17. The summed E-state index contributed by atoms with van der Waals surface area (Å²) >= 11 is 0. The lowest BCUT2D eigenvalue weighted by molar-refractivity contribution is -0.152. The molecule has 50 valence electrons. The van der Waals surface area contributed by atoms with Crippen LogP contribution in [0.1, 0.15) is 19.3 Å². The lowest BCUT2D eigenvalue weighted by Gasteiger charge is -1.93. The Labute approximate surface area is 53.0 Å². The fourth-order valence-corrected chi connectivity index (χ4v) is 0.735. The van der Waals surface area contributed by atoms with Gasteiger partial charge in [-0.3, -0.25) is 4.79 Å². The summed E-state index contributed by atoms with van der Waals surface area (Å²) in [4.78, 5) is 21.0. The zero-order chi connectivity index (χ0) is 6.69. The lowest BCUT2D eigenvalue weighted by Crippen LogP contribution is -2.13. The molecule has 0 atom stereocenters. The van der Waals surface area contributed by atoms with Crippen molar-refractivity contribution in [2.75, 3.05) is 6.61 Å². The second-order valence-corrected chi connectivity index (χ2v) is 2.02. The number of carbonyl (C=O) groups excluding carboxylic acids is 2. The molecule has 3 nitrogen and oxygen atoms in total. The summed E-state index contributed by atoms with van der Waals surface area (Å²) in [5, 5.41) is 0. The monoisotopic (exact) mass is 128 g/mol. The highest BCUT2D eigenvalue weighted by Crippen LogP contribution is 2.03. The second-order valence-electron chi connectivity index (χ2n) is 2.02. The van der Waals surface area contributed by atoms with Crippen LogP contribution in [0.25, 0.3) is 0 Å². The highest BCUT2D eigenvalue weighted by atomic mass is 16.5. The Kier molecular flexibility index (Phi) is 1.82. The highest BCUT2D eigenvalue weighted by molar-refractivity contribution is 6.33. The van der Waals surface area contributed by atoms with Gasteiger partial charge in [-0.15, -0.1) is 0 Å². The molecule has 0 N–H and O–H groups in total. The molecule has 9 heavy (non-hydrogen) atoms. The Morgan fingerprint density at radius 2 is 2.00 bits per heavy atom.